The molecule has 0 unspecified atom stereocenters. The van der Waals surface area contributed by atoms with E-state index in [0.29, 0.717) is 5.92 Å². The lowest BCUT2D eigenvalue weighted by atomic mass is 9.88. The van der Waals surface area contributed by atoms with E-state index in [1.165, 1.54) is 47.6 Å². The SMILES string of the molecule is C=CSC(=C\C)/C(C=C)=C/C(/C=C(\C)C1CCN(C)CC1)=C(\C)C=C. The fourth-order valence-corrected chi connectivity index (χ4v) is 3.60. The van der Waals surface area contributed by atoms with E-state index in [1.54, 1.807) is 11.8 Å². The fourth-order valence-electron chi connectivity index (χ4n) is 3.00. The smallest absolute Gasteiger partial charge is 0.0145 e. The number of likely N-dealkylation sites (tertiary alicyclic amines) is 1. The van der Waals surface area contributed by atoms with Gasteiger partial charge in [-0.25, -0.2) is 0 Å². The lowest BCUT2D eigenvalue weighted by molar-refractivity contribution is 0.238. The summed E-state index contributed by atoms with van der Waals surface area (Å²) in [5.74, 6) is 0.674. The molecule has 0 radical (unpaired) electrons. The van der Waals surface area contributed by atoms with E-state index in [4.69, 9.17) is 0 Å². The highest BCUT2D eigenvalue weighted by Gasteiger charge is 2.18. The van der Waals surface area contributed by atoms with Crippen molar-refractivity contribution in [2.24, 2.45) is 5.92 Å². The third-order valence-electron chi connectivity index (χ3n) is 4.80. The van der Waals surface area contributed by atoms with Crippen molar-refractivity contribution in [3.8, 4) is 0 Å². The molecule has 0 aromatic rings. The van der Waals surface area contributed by atoms with Gasteiger partial charge in [0.1, 0.15) is 0 Å². The van der Waals surface area contributed by atoms with E-state index in [1.807, 2.05) is 24.5 Å². The first-order valence-corrected chi connectivity index (χ1v) is 9.83. The largest absolute Gasteiger partial charge is 0.306 e. The van der Waals surface area contributed by atoms with E-state index in [9.17, 15) is 0 Å². The van der Waals surface area contributed by atoms with Crippen molar-refractivity contribution in [1.29, 1.82) is 0 Å². The highest BCUT2D eigenvalue weighted by atomic mass is 32.2. The minimum Gasteiger partial charge on any atom is -0.306 e. The quantitative estimate of drug-likeness (QED) is 0.447. The van der Waals surface area contributed by atoms with Crippen LogP contribution in [0, 0.1) is 5.92 Å². The summed E-state index contributed by atoms with van der Waals surface area (Å²) in [5.41, 5.74) is 4.98. The second kappa shape index (κ2) is 11.2. The molecule has 25 heavy (non-hydrogen) atoms. The Morgan fingerprint density at radius 3 is 2.16 bits per heavy atom. The van der Waals surface area contributed by atoms with Gasteiger partial charge in [0.05, 0.1) is 0 Å². The van der Waals surface area contributed by atoms with Gasteiger partial charge in [-0.1, -0.05) is 61.4 Å². The van der Waals surface area contributed by atoms with Gasteiger partial charge < -0.3 is 4.90 Å². The van der Waals surface area contributed by atoms with Crippen LogP contribution in [0.2, 0.25) is 0 Å². The number of piperidine rings is 1. The van der Waals surface area contributed by atoms with Crippen molar-refractivity contribution in [2.75, 3.05) is 20.1 Å². The van der Waals surface area contributed by atoms with E-state index in [-0.39, 0.29) is 0 Å². The van der Waals surface area contributed by atoms with Crippen molar-refractivity contribution in [3.05, 3.63) is 82.7 Å². The van der Waals surface area contributed by atoms with Crippen molar-refractivity contribution in [3.63, 3.8) is 0 Å². The van der Waals surface area contributed by atoms with Crippen LogP contribution in [0.5, 0.6) is 0 Å². The second-order valence-electron chi connectivity index (χ2n) is 6.55. The van der Waals surface area contributed by atoms with Crippen LogP contribution in [0.1, 0.15) is 33.6 Å². The number of hydrogen-bond donors (Lipinski definition) is 0. The Labute approximate surface area is 159 Å². The van der Waals surface area contributed by atoms with Crippen LogP contribution < -0.4 is 0 Å². The van der Waals surface area contributed by atoms with Gasteiger partial charge in [0, 0.05) is 4.91 Å². The Morgan fingerprint density at radius 2 is 1.68 bits per heavy atom. The molecule has 1 saturated heterocycles. The first-order valence-electron chi connectivity index (χ1n) is 8.95. The van der Waals surface area contributed by atoms with E-state index in [0.717, 1.165) is 5.57 Å². The van der Waals surface area contributed by atoms with E-state index in [2.05, 4.69) is 63.8 Å². The number of nitrogens with zero attached hydrogens (tertiary/aromatic N) is 1. The molecule has 0 amide bonds. The predicted molar refractivity (Wildman–Crippen MR) is 117 cm³/mol. The van der Waals surface area contributed by atoms with Crippen LogP contribution >= 0.6 is 11.8 Å². The fraction of sp³-hybridized carbons (Fsp3) is 0.391. The zero-order chi connectivity index (χ0) is 18.8. The summed E-state index contributed by atoms with van der Waals surface area (Å²) in [6.07, 6.45) is 13.0. The van der Waals surface area contributed by atoms with Crippen molar-refractivity contribution in [1.82, 2.24) is 4.90 Å². The molecule has 0 aromatic carbocycles. The molecular weight excluding hydrogens is 322 g/mol. The maximum Gasteiger partial charge on any atom is 0.0145 e. The Balaban J connectivity index is 3.19. The van der Waals surface area contributed by atoms with Gasteiger partial charge in [-0.2, -0.15) is 0 Å². The Bertz CT molecular complexity index is 608. The zero-order valence-electron chi connectivity index (χ0n) is 16.3. The molecule has 2 heteroatoms. The van der Waals surface area contributed by atoms with Gasteiger partial charge in [0.2, 0.25) is 0 Å². The van der Waals surface area contributed by atoms with Gasteiger partial charge in [-0.3, -0.25) is 0 Å². The summed E-state index contributed by atoms with van der Waals surface area (Å²) in [7, 11) is 2.21. The number of rotatable bonds is 8. The molecule has 0 spiro atoms. The maximum absolute atomic E-state index is 4.00. The molecule has 0 saturated carbocycles. The highest BCUT2D eigenvalue weighted by molar-refractivity contribution is 8.06. The molecule has 0 aliphatic carbocycles. The monoisotopic (exact) mass is 355 g/mol. The van der Waals surface area contributed by atoms with Crippen LogP contribution in [-0.4, -0.2) is 25.0 Å². The second-order valence-corrected chi connectivity index (χ2v) is 7.56. The number of allylic oxidation sites excluding steroid dienone is 9. The zero-order valence-corrected chi connectivity index (χ0v) is 17.2. The Morgan fingerprint density at radius 1 is 1.04 bits per heavy atom. The molecule has 1 aliphatic heterocycles. The maximum atomic E-state index is 4.00. The molecule has 1 fully saturated rings. The molecular formula is C23H33NS. The standard InChI is InChI=1S/C23H33NS/c1-8-18(5)22(17-20(9-2)23(10-3)25-11-4)16-19(6)21-12-14-24(7)15-13-21/h8-11,16-17,21H,1-2,4,12-15H2,3,5-7H3/b19-16+,20-17+,22-18+,23-10-. The summed E-state index contributed by atoms with van der Waals surface area (Å²) in [6.45, 7) is 20.6. The van der Waals surface area contributed by atoms with Crippen LogP contribution in [-0.2, 0) is 0 Å². The summed E-state index contributed by atoms with van der Waals surface area (Å²) < 4.78 is 0. The summed E-state index contributed by atoms with van der Waals surface area (Å²) in [6, 6.07) is 0. The minimum absolute atomic E-state index is 0.674. The average Bonchev–Trinajstić information content (AvgIpc) is 2.63. The number of hydrogen-bond acceptors (Lipinski definition) is 2. The van der Waals surface area contributed by atoms with E-state index < -0.39 is 0 Å². The third-order valence-corrected chi connectivity index (χ3v) is 5.69. The molecule has 0 N–H and O–H groups in total. The van der Waals surface area contributed by atoms with Gasteiger partial charge >= 0.3 is 0 Å². The first-order chi connectivity index (χ1) is 12.0. The molecule has 1 aliphatic rings. The van der Waals surface area contributed by atoms with Gasteiger partial charge in [-0.05, 0) is 87.9 Å². The topological polar surface area (TPSA) is 3.24 Å². The van der Waals surface area contributed by atoms with E-state index >= 15 is 0 Å². The third kappa shape index (κ3) is 6.72. The normalized spacial score (nSPS) is 19.4. The lowest BCUT2D eigenvalue weighted by Gasteiger charge is -2.29. The molecule has 1 heterocycles. The van der Waals surface area contributed by atoms with Crippen LogP contribution in [0.3, 0.4) is 0 Å². The molecule has 0 bridgehead atoms. The van der Waals surface area contributed by atoms with Gasteiger partial charge in [0.25, 0.3) is 0 Å². The van der Waals surface area contributed by atoms with Crippen LogP contribution in [0.25, 0.3) is 0 Å². The van der Waals surface area contributed by atoms with Crippen LogP contribution in [0.4, 0.5) is 0 Å². The van der Waals surface area contributed by atoms with Crippen molar-refractivity contribution in [2.45, 2.75) is 33.6 Å². The summed E-state index contributed by atoms with van der Waals surface area (Å²) in [5, 5.41) is 1.86. The summed E-state index contributed by atoms with van der Waals surface area (Å²) in [4.78, 5) is 3.58. The van der Waals surface area contributed by atoms with Crippen molar-refractivity contribution < 1.29 is 0 Å². The summed E-state index contributed by atoms with van der Waals surface area (Å²) >= 11 is 1.63. The predicted octanol–water partition coefficient (Wildman–Crippen LogP) is 6.67. The minimum atomic E-state index is 0.674. The first kappa shape index (κ1) is 21.5. The molecule has 136 valence electrons. The van der Waals surface area contributed by atoms with Crippen LogP contribution in [0.15, 0.2) is 82.7 Å². The Hall–Kier alpha value is -1.51. The molecule has 0 aromatic heterocycles. The highest BCUT2D eigenvalue weighted by Crippen LogP contribution is 2.29. The Kier molecular flexibility index (Phi) is 9.62. The molecule has 1 nitrogen and oxygen atoms in total. The average molecular weight is 356 g/mol. The molecule has 1 rings (SSSR count). The lowest BCUT2D eigenvalue weighted by Crippen LogP contribution is -2.30. The molecule has 0 atom stereocenters. The van der Waals surface area contributed by atoms with Crippen molar-refractivity contribution >= 4 is 11.8 Å². The number of thioether (sulfide) groups is 1. The van der Waals surface area contributed by atoms with Gasteiger partial charge in [0.15, 0.2) is 0 Å². The van der Waals surface area contributed by atoms with Gasteiger partial charge in [-0.15, -0.1) is 0 Å².